The molecule has 7 heteroatoms. The molecule has 0 spiro atoms. The lowest BCUT2D eigenvalue weighted by molar-refractivity contribution is 0.0697. The van der Waals surface area contributed by atoms with Crippen LogP contribution >= 0.6 is 24.0 Å². The van der Waals surface area contributed by atoms with E-state index in [0.717, 1.165) is 18.4 Å². The molecular formula is C17H18Cl2N2O3. The summed E-state index contributed by atoms with van der Waals surface area (Å²) < 4.78 is 5.86. The molecule has 1 aromatic heterocycles. The third-order valence-electron chi connectivity index (χ3n) is 4.13. The van der Waals surface area contributed by atoms with Crippen LogP contribution in [-0.4, -0.2) is 34.2 Å². The van der Waals surface area contributed by atoms with Crippen LogP contribution in [0.3, 0.4) is 0 Å². The van der Waals surface area contributed by atoms with Gasteiger partial charge in [-0.05, 0) is 49.7 Å². The van der Waals surface area contributed by atoms with Crippen LogP contribution in [0.4, 0.5) is 0 Å². The fraction of sp³-hybridized carbons (Fsp3) is 0.294. The zero-order chi connectivity index (χ0) is 16.4. The lowest BCUT2D eigenvalue weighted by Gasteiger charge is -2.22. The molecule has 24 heavy (non-hydrogen) atoms. The molecule has 128 valence electrons. The highest BCUT2D eigenvalue weighted by Crippen LogP contribution is 2.42. The van der Waals surface area contributed by atoms with Crippen LogP contribution in [0.25, 0.3) is 11.1 Å². The minimum absolute atomic E-state index is 0. The summed E-state index contributed by atoms with van der Waals surface area (Å²) in [4.78, 5) is 15.4. The predicted molar refractivity (Wildman–Crippen MR) is 95.2 cm³/mol. The van der Waals surface area contributed by atoms with Crippen molar-refractivity contribution >= 4 is 30.0 Å². The van der Waals surface area contributed by atoms with Crippen molar-refractivity contribution in [2.75, 3.05) is 7.05 Å². The monoisotopic (exact) mass is 368 g/mol. The average molecular weight is 369 g/mol. The largest absolute Gasteiger partial charge is 0.478 e. The van der Waals surface area contributed by atoms with Gasteiger partial charge >= 0.3 is 5.97 Å². The summed E-state index contributed by atoms with van der Waals surface area (Å²) >= 11 is 6.39. The lowest BCUT2D eigenvalue weighted by atomic mass is 10.0. The molecule has 1 saturated carbocycles. The molecule has 1 unspecified atom stereocenters. The van der Waals surface area contributed by atoms with Gasteiger partial charge < -0.3 is 15.2 Å². The maximum Gasteiger partial charge on any atom is 0.335 e. The highest BCUT2D eigenvalue weighted by molar-refractivity contribution is 6.21. The number of carbonyl (C=O) groups is 1. The van der Waals surface area contributed by atoms with E-state index in [1.165, 1.54) is 0 Å². The number of ether oxygens (including phenoxy) is 1. The summed E-state index contributed by atoms with van der Waals surface area (Å²) in [7, 11) is 1.86. The molecule has 0 amide bonds. The summed E-state index contributed by atoms with van der Waals surface area (Å²) in [5.74, 6) is -0.572. The number of carboxylic acid groups (broad SMARTS) is 1. The number of halogens is 2. The Kier molecular flexibility index (Phi) is 5.70. The molecular weight excluding hydrogens is 351 g/mol. The van der Waals surface area contributed by atoms with E-state index in [0.29, 0.717) is 11.4 Å². The number of hydrogen-bond acceptors (Lipinski definition) is 4. The number of rotatable bonds is 6. The topological polar surface area (TPSA) is 71.5 Å². The molecule has 0 aliphatic heterocycles. The van der Waals surface area contributed by atoms with E-state index in [1.54, 1.807) is 30.5 Å². The van der Waals surface area contributed by atoms with E-state index in [-0.39, 0.29) is 23.5 Å². The van der Waals surface area contributed by atoms with Gasteiger partial charge in [-0.2, -0.15) is 0 Å². The van der Waals surface area contributed by atoms with E-state index >= 15 is 0 Å². The molecule has 1 aliphatic carbocycles. The molecule has 1 atom stereocenters. The van der Waals surface area contributed by atoms with Crippen molar-refractivity contribution < 1.29 is 14.6 Å². The number of benzene rings is 1. The van der Waals surface area contributed by atoms with Crippen molar-refractivity contribution in [3.8, 4) is 17.0 Å². The first-order valence-electron chi connectivity index (χ1n) is 7.34. The number of likely N-dealkylation sites (N-methyl/N-ethyl adjacent to an activating group) is 1. The SMILES string of the molecule is CNC1(C(Cl)Oc2ncccc2-c2cccc(C(=O)O)c2)CC1.Cl. The van der Waals surface area contributed by atoms with Crippen molar-refractivity contribution in [1.82, 2.24) is 10.3 Å². The molecule has 0 saturated heterocycles. The number of pyridine rings is 1. The van der Waals surface area contributed by atoms with Crippen LogP contribution in [0, 0.1) is 0 Å². The number of aromatic carboxylic acids is 1. The van der Waals surface area contributed by atoms with Gasteiger partial charge in [-0.25, -0.2) is 9.78 Å². The maximum absolute atomic E-state index is 11.1. The van der Waals surface area contributed by atoms with Crippen molar-refractivity contribution in [2.45, 2.75) is 23.9 Å². The lowest BCUT2D eigenvalue weighted by Crippen LogP contribution is -2.40. The first-order chi connectivity index (χ1) is 11.1. The van der Waals surface area contributed by atoms with E-state index in [4.69, 9.17) is 21.4 Å². The predicted octanol–water partition coefficient (Wildman–Crippen LogP) is 3.56. The number of carboxylic acids is 1. The van der Waals surface area contributed by atoms with Crippen molar-refractivity contribution in [3.05, 3.63) is 48.2 Å². The second-order valence-corrected chi connectivity index (χ2v) is 5.98. The molecule has 3 rings (SSSR count). The highest BCUT2D eigenvalue weighted by Gasteiger charge is 2.49. The summed E-state index contributed by atoms with van der Waals surface area (Å²) in [6.45, 7) is 0. The smallest absolute Gasteiger partial charge is 0.335 e. The molecule has 0 radical (unpaired) electrons. The fourth-order valence-corrected chi connectivity index (χ4v) is 2.87. The average Bonchev–Trinajstić information content (AvgIpc) is 3.37. The van der Waals surface area contributed by atoms with Gasteiger partial charge in [-0.15, -0.1) is 12.4 Å². The van der Waals surface area contributed by atoms with E-state index < -0.39 is 11.5 Å². The third-order valence-corrected chi connectivity index (χ3v) is 4.63. The second-order valence-electron chi connectivity index (χ2n) is 5.58. The molecule has 2 aromatic rings. The van der Waals surface area contributed by atoms with Gasteiger partial charge in [0.05, 0.1) is 11.1 Å². The van der Waals surface area contributed by atoms with Crippen molar-refractivity contribution in [1.29, 1.82) is 0 Å². The van der Waals surface area contributed by atoms with Gasteiger partial charge in [-0.1, -0.05) is 23.7 Å². The Bertz CT molecular complexity index is 735. The van der Waals surface area contributed by atoms with Gasteiger partial charge in [-0.3, -0.25) is 0 Å². The van der Waals surface area contributed by atoms with E-state index in [2.05, 4.69) is 10.3 Å². The number of nitrogens with zero attached hydrogens (tertiary/aromatic N) is 1. The Morgan fingerprint density at radius 2 is 2.12 bits per heavy atom. The summed E-state index contributed by atoms with van der Waals surface area (Å²) in [6, 6.07) is 10.3. The fourth-order valence-electron chi connectivity index (χ4n) is 2.46. The number of alkyl halides is 1. The van der Waals surface area contributed by atoms with Crippen LogP contribution in [-0.2, 0) is 0 Å². The minimum atomic E-state index is -0.972. The van der Waals surface area contributed by atoms with Crippen molar-refractivity contribution in [3.63, 3.8) is 0 Å². The van der Waals surface area contributed by atoms with Gasteiger partial charge in [0.2, 0.25) is 5.88 Å². The summed E-state index contributed by atoms with van der Waals surface area (Å²) in [6.07, 6.45) is 3.53. The summed E-state index contributed by atoms with van der Waals surface area (Å²) in [5.41, 5.74) is 0.913. The molecule has 1 heterocycles. The van der Waals surface area contributed by atoms with Crippen LogP contribution in [0.5, 0.6) is 5.88 Å². The van der Waals surface area contributed by atoms with Crippen LogP contribution in [0.2, 0.25) is 0 Å². The summed E-state index contributed by atoms with van der Waals surface area (Å²) in [5, 5.41) is 12.3. The zero-order valence-corrected chi connectivity index (χ0v) is 14.6. The minimum Gasteiger partial charge on any atom is -0.478 e. The Morgan fingerprint density at radius 1 is 1.38 bits per heavy atom. The third kappa shape index (κ3) is 3.64. The van der Waals surface area contributed by atoms with E-state index in [9.17, 15) is 4.79 Å². The van der Waals surface area contributed by atoms with Gasteiger partial charge in [0.25, 0.3) is 0 Å². The highest BCUT2D eigenvalue weighted by atomic mass is 35.5. The molecule has 1 aromatic carbocycles. The van der Waals surface area contributed by atoms with Gasteiger partial charge in [0, 0.05) is 11.8 Å². The first kappa shape index (κ1) is 18.5. The Labute approximate surface area is 151 Å². The zero-order valence-electron chi connectivity index (χ0n) is 13.0. The number of nitrogens with one attached hydrogen (secondary N) is 1. The van der Waals surface area contributed by atoms with E-state index in [1.807, 2.05) is 19.2 Å². The van der Waals surface area contributed by atoms with Gasteiger partial charge in [0.15, 0.2) is 5.56 Å². The van der Waals surface area contributed by atoms with Crippen LogP contribution < -0.4 is 10.1 Å². The molecule has 1 aliphatic rings. The Hall–Kier alpha value is -1.82. The second kappa shape index (κ2) is 7.38. The Morgan fingerprint density at radius 3 is 2.75 bits per heavy atom. The van der Waals surface area contributed by atoms with Gasteiger partial charge in [0.1, 0.15) is 0 Å². The maximum atomic E-state index is 11.1. The van der Waals surface area contributed by atoms with Crippen molar-refractivity contribution in [2.24, 2.45) is 0 Å². The first-order valence-corrected chi connectivity index (χ1v) is 7.78. The normalized spacial score (nSPS) is 15.9. The van der Waals surface area contributed by atoms with Crippen LogP contribution in [0.1, 0.15) is 23.2 Å². The number of aromatic nitrogens is 1. The molecule has 2 N–H and O–H groups in total. The molecule has 0 bridgehead atoms. The standard InChI is InChI=1S/C17H17ClN2O3.ClH/c1-19-17(7-8-17)16(18)23-14-13(6-3-9-20-14)11-4-2-5-12(10-11)15(21)22;/h2-6,9-10,16,19H,7-8H2,1H3,(H,21,22);1H. The quantitative estimate of drug-likeness (QED) is 0.762. The molecule has 1 fully saturated rings. The van der Waals surface area contributed by atoms with Crippen LogP contribution in [0.15, 0.2) is 42.6 Å². The Balaban J connectivity index is 0.00000208. The molecule has 5 nitrogen and oxygen atoms in total. The number of hydrogen-bond donors (Lipinski definition) is 2.